The van der Waals surface area contributed by atoms with Gasteiger partial charge in [-0.15, -0.1) is 0 Å². The molecule has 1 aromatic carbocycles. The Bertz CT molecular complexity index is 396. The van der Waals surface area contributed by atoms with Crippen molar-refractivity contribution in [1.29, 1.82) is 10.5 Å². The Balaban J connectivity index is 3.44. The van der Waals surface area contributed by atoms with Gasteiger partial charge in [0, 0.05) is 0 Å². The van der Waals surface area contributed by atoms with E-state index in [2.05, 4.69) is 0 Å². The van der Waals surface area contributed by atoms with Crippen molar-refractivity contribution in [2.75, 3.05) is 0 Å². The van der Waals surface area contributed by atoms with Gasteiger partial charge in [-0.25, -0.2) is 0 Å². The Kier molecular flexibility index (Phi) is 2.33. The zero-order chi connectivity index (χ0) is 9.14. The van der Waals surface area contributed by atoms with Crippen LogP contribution in [0.2, 0.25) is 5.02 Å². The predicted molar refractivity (Wildman–Crippen MR) is 45.6 cm³/mol. The van der Waals surface area contributed by atoms with Crippen LogP contribution in [0.15, 0.2) is 12.1 Å². The zero-order valence-electron chi connectivity index (χ0n) is 6.43. The maximum Gasteiger partial charge on any atom is 0.101 e. The lowest BCUT2D eigenvalue weighted by molar-refractivity contribution is 1.39. The standard InChI is InChI=1S/C9H5ClN2/c1-6-2-7(4-11)3-8(5-12)9(6)10/h2-3H,1H3. The molecule has 1 rings (SSSR count). The van der Waals surface area contributed by atoms with Crippen molar-refractivity contribution in [3.63, 3.8) is 0 Å². The molecule has 58 valence electrons. The molecule has 3 heteroatoms. The van der Waals surface area contributed by atoms with Crippen LogP contribution in [-0.4, -0.2) is 0 Å². The largest absolute Gasteiger partial charge is 0.192 e. The van der Waals surface area contributed by atoms with E-state index < -0.39 is 0 Å². The number of hydrogen-bond donors (Lipinski definition) is 0. The lowest BCUT2D eigenvalue weighted by Crippen LogP contribution is -1.85. The number of nitrogens with zero attached hydrogens (tertiary/aromatic N) is 2. The van der Waals surface area contributed by atoms with Crippen LogP contribution in [-0.2, 0) is 0 Å². The lowest BCUT2D eigenvalue weighted by atomic mass is 10.1. The molecule has 0 spiro atoms. The molecule has 0 amide bonds. The molecule has 0 unspecified atom stereocenters. The monoisotopic (exact) mass is 176 g/mol. The van der Waals surface area contributed by atoms with Gasteiger partial charge in [0.25, 0.3) is 0 Å². The summed E-state index contributed by atoms with van der Waals surface area (Å²) >= 11 is 5.79. The highest BCUT2D eigenvalue weighted by molar-refractivity contribution is 6.32. The second-order valence-electron chi connectivity index (χ2n) is 2.38. The first kappa shape index (κ1) is 8.59. The first-order chi connectivity index (χ1) is 5.69. The molecule has 12 heavy (non-hydrogen) atoms. The van der Waals surface area contributed by atoms with Crippen molar-refractivity contribution in [3.05, 3.63) is 33.8 Å². The Hall–Kier alpha value is -1.51. The number of benzene rings is 1. The van der Waals surface area contributed by atoms with E-state index >= 15 is 0 Å². The highest BCUT2D eigenvalue weighted by Gasteiger charge is 2.04. The molecule has 0 heterocycles. The van der Waals surface area contributed by atoms with E-state index in [1.54, 1.807) is 13.0 Å². The second-order valence-corrected chi connectivity index (χ2v) is 2.76. The van der Waals surface area contributed by atoms with Gasteiger partial charge < -0.3 is 0 Å². The molecule has 0 saturated heterocycles. The summed E-state index contributed by atoms with van der Waals surface area (Å²) in [4.78, 5) is 0. The van der Waals surface area contributed by atoms with Crippen molar-refractivity contribution in [1.82, 2.24) is 0 Å². The van der Waals surface area contributed by atoms with Crippen LogP contribution in [0.3, 0.4) is 0 Å². The SMILES string of the molecule is Cc1cc(C#N)cc(C#N)c1Cl. The molecule has 2 nitrogen and oxygen atoms in total. The topological polar surface area (TPSA) is 47.6 Å². The predicted octanol–water partition coefficient (Wildman–Crippen LogP) is 2.39. The molecule has 0 saturated carbocycles. The number of rotatable bonds is 0. The Labute approximate surface area is 75.6 Å². The third-order valence-electron chi connectivity index (χ3n) is 1.50. The maximum absolute atomic E-state index is 8.62. The number of halogens is 1. The Morgan fingerprint density at radius 1 is 1.25 bits per heavy atom. The summed E-state index contributed by atoms with van der Waals surface area (Å²) < 4.78 is 0. The summed E-state index contributed by atoms with van der Waals surface area (Å²) in [5.74, 6) is 0. The van der Waals surface area contributed by atoms with E-state index in [9.17, 15) is 0 Å². The third kappa shape index (κ3) is 1.39. The summed E-state index contributed by atoms with van der Waals surface area (Å²) in [6.45, 7) is 1.77. The molecule has 0 aliphatic rings. The fourth-order valence-corrected chi connectivity index (χ4v) is 1.07. The minimum Gasteiger partial charge on any atom is -0.192 e. The van der Waals surface area contributed by atoms with E-state index in [1.165, 1.54) is 6.07 Å². The molecule has 0 aliphatic carbocycles. The number of nitriles is 2. The van der Waals surface area contributed by atoms with Crippen LogP contribution in [0.1, 0.15) is 16.7 Å². The van der Waals surface area contributed by atoms with Crippen LogP contribution < -0.4 is 0 Å². The summed E-state index contributed by atoms with van der Waals surface area (Å²) in [5, 5.41) is 17.6. The molecule has 1 aromatic rings. The fourth-order valence-electron chi connectivity index (χ4n) is 0.915. The quantitative estimate of drug-likeness (QED) is 0.610. The molecule has 0 radical (unpaired) electrons. The molecule has 0 N–H and O–H groups in total. The highest BCUT2D eigenvalue weighted by atomic mass is 35.5. The second kappa shape index (κ2) is 3.26. The zero-order valence-corrected chi connectivity index (χ0v) is 7.18. The summed E-state index contributed by atoms with van der Waals surface area (Å²) in [5.41, 5.74) is 1.58. The van der Waals surface area contributed by atoms with Crippen LogP contribution in [0.4, 0.5) is 0 Å². The van der Waals surface area contributed by atoms with Gasteiger partial charge in [-0.1, -0.05) is 11.6 Å². The average Bonchev–Trinajstić information content (AvgIpc) is 2.09. The third-order valence-corrected chi connectivity index (χ3v) is 2.01. The van der Waals surface area contributed by atoms with Gasteiger partial charge >= 0.3 is 0 Å². The first-order valence-electron chi connectivity index (χ1n) is 3.29. The molecule has 0 atom stereocenters. The van der Waals surface area contributed by atoms with Gasteiger partial charge in [0.05, 0.1) is 22.2 Å². The summed E-state index contributed by atoms with van der Waals surface area (Å²) in [6.07, 6.45) is 0. The van der Waals surface area contributed by atoms with E-state index in [1.807, 2.05) is 12.1 Å². The summed E-state index contributed by atoms with van der Waals surface area (Å²) in [6, 6.07) is 7.03. The lowest BCUT2D eigenvalue weighted by Gasteiger charge is -1.99. The molecular formula is C9H5ClN2. The van der Waals surface area contributed by atoms with Crippen molar-refractivity contribution in [2.45, 2.75) is 6.92 Å². The van der Waals surface area contributed by atoms with Gasteiger partial charge in [-0.3, -0.25) is 0 Å². The molecule has 0 aromatic heterocycles. The van der Waals surface area contributed by atoms with E-state index in [-0.39, 0.29) is 0 Å². The van der Waals surface area contributed by atoms with Crippen LogP contribution in [0.25, 0.3) is 0 Å². The van der Waals surface area contributed by atoms with Gasteiger partial charge in [-0.2, -0.15) is 10.5 Å². The Morgan fingerprint density at radius 3 is 2.42 bits per heavy atom. The number of hydrogen-bond acceptors (Lipinski definition) is 2. The summed E-state index contributed by atoms with van der Waals surface area (Å²) in [7, 11) is 0. The number of aryl methyl sites for hydroxylation is 1. The van der Waals surface area contributed by atoms with Crippen LogP contribution in [0, 0.1) is 29.6 Å². The van der Waals surface area contributed by atoms with Crippen LogP contribution >= 0.6 is 11.6 Å². The highest BCUT2D eigenvalue weighted by Crippen LogP contribution is 2.21. The van der Waals surface area contributed by atoms with Crippen LogP contribution in [0.5, 0.6) is 0 Å². The van der Waals surface area contributed by atoms with E-state index in [0.717, 1.165) is 5.56 Å². The molecule has 0 aliphatic heterocycles. The molecule has 0 bridgehead atoms. The van der Waals surface area contributed by atoms with Crippen molar-refractivity contribution < 1.29 is 0 Å². The van der Waals surface area contributed by atoms with Gasteiger partial charge in [-0.05, 0) is 24.6 Å². The first-order valence-corrected chi connectivity index (χ1v) is 3.67. The Morgan fingerprint density at radius 2 is 1.92 bits per heavy atom. The van der Waals surface area contributed by atoms with Crippen molar-refractivity contribution >= 4 is 11.6 Å². The van der Waals surface area contributed by atoms with Crippen molar-refractivity contribution in [3.8, 4) is 12.1 Å². The van der Waals surface area contributed by atoms with Gasteiger partial charge in [0.15, 0.2) is 0 Å². The van der Waals surface area contributed by atoms with Crippen molar-refractivity contribution in [2.24, 2.45) is 0 Å². The molecule has 0 fully saturated rings. The normalized spacial score (nSPS) is 8.67. The van der Waals surface area contributed by atoms with Gasteiger partial charge in [0.1, 0.15) is 6.07 Å². The van der Waals surface area contributed by atoms with E-state index in [4.69, 9.17) is 22.1 Å². The van der Waals surface area contributed by atoms with Gasteiger partial charge in [0.2, 0.25) is 0 Å². The average molecular weight is 177 g/mol. The minimum atomic E-state index is 0.355. The fraction of sp³-hybridized carbons (Fsp3) is 0.111. The minimum absolute atomic E-state index is 0.355. The molecular weight excluding hydrogens is 172 g/mol. The maximum atomic E-state index is 8.62. The van der Waals surface area contributed by atoms with E-state index in [0.29, 0.717) is 16.1 Å². The smallest absolute Gasteiger partial charge is 0.101 e.